The Morgan fingerprint density at radius 2 is 2.21 bits per heavy atom. The molecule has 0 spiro atoms. The summed E-state index contributed by atoms with van der Waals surface area (Å²) in [4.78, 5) is 17.4. The number of hydrogen-bond donors (Lipinski definition) is 0. The smallest absolute Gasteiger partial charge is 0.267 e. The van der Waals surface area contributed by atoms with Crippen LogP contribution in [0.5, 0.6) is 0 Å². The maximum Gasteiger partial charge on any atom is 0.267 e. The molecule has 0 aliphatic heterocycles. The van der Waals surface area contributed by atoms with Gasteiger partial charge >= 0.3 is 0 Å². The number of benzene rings is 1. The van der Waals surface area contributed by atoms with Crippen LogP contribution in [0.1, 0.15) is 24.0 Å². The van der Waals surface area contributed by atoms with Crippen LogP contribution < -0.4 is 5.56 Å². The van der Waals surface area contributed by atoms with Crippen LogP contribution in [0.2, 0.25) is 0 Å². The third-order valence-corrected chi connectivity index (χ3v) is 4.98. The average molecular weight is 394 g/mol. The molecule has 0 saturated carbocycles. The van der Waals surface area contributed by atoms with E-state index in [-0.39, 0.29) is 29.6 Å². The highest BCUT2D eigenvalue weighted by molar-refractivity contribution is 9.09. The maximum atomic E-state index is 13.5. The second-order valence-corrected chi connectivity index (χ2v) is 6.61. The third kappa shape index (κ3) is 3.26. The van der Waals surface area contributed by atoms with Gasteiger partial charge in [-0.05, 0) is 30.5 Å². The molecule has 3 rings (SSSR count). The first-order valence-electron chi connectivity index (χ1n) is 7.65. The lowest BCUT2D eigenvalue weighted by molar-refractivity contribution is 0.439. The van der Waals surface area contributed by atoms with Crippen LogP contribution in [0.3, 0.4) is 0 Å². The van der Waals surface area contributed by atoms with Crippen molar-refractivity contribution in [3.8, 4) is 0 Å². The zero-order valence-electron chi connectivity index (χ0n) is 13.4. The number of aryl methyl sites for hydroxylation is 1. The normalized spacial score (nSPS) is 12.7. The van der Waals surface area contributed by atoms with Crippen molar-refractivity contribution < 1.29 is 8.91 Å². The first-order valence-corrected chi connectivity index (χ1v) is 8.78. The zero-order valence-corrected chi connectivity index (χ0v) is 15.0. The molecule has 0 saturated heterocycles. The van der Waals surface area contributed by atoms with Crippen molar-refractivity contribution in [2.75, 3.05) is 5.33 Å². The van der Waals surface area contributed by atoms with Gasteiger partial charge in [-0.1, -0.05) is 40.1 Å². The van der Waals surface area contributed by atoms with Gasteiger partial charge in [0.25, 0.3) is 11.3 Å². The molecule has 0 aliphatic carbocycles. The Kier molecular flexibility index (Phi) is 4.80. The minimum atomic E-state index is -0.328. The fraction of sp³-hybridized carbons (Fsp3) is 0.353. The summed E-state index contributed by atoms with van der Waals surface area (Å²) in [5.41, 5.74) is 1.26. The summed E-state index contributed by atoms with van der Waals surface area (Å²) in [5, 5.41) is 5.00. The van der Waals surface area contributed by atoms with Crippen LogP contribution in [0.15, 0.2) is 33.6 Å². The van der Waals surface area contributed by atoms with Gasteiger partial charge in [-0.15, -0.1) is 0 Å². The van der Waals surface area contributed by atoms with Gasteiger partial charge in [-0.2, -0.15) is 4.98 Å². The monoisotopic (exact) mass is 393 g/mol. The van der Waals surface area contributed by atoms with Gasteiger partial charge in [0.15, 0.2) is 0 Å². The van der Waals surface area contributed by atoms with Crippen molar-refractivity contribution in [3.05, 3.63) is 57.5 Å². The standard InChI is InChI=1S/C17H17BrFN3O2/c1-10(8-18)6-14-20-16-15(11(2)21-24-16)17(23)22(14)9-12-4-3-5-13(19)7-12/h3-5,7,10H,6,8-9H2,1-2H3. The van der Waals surface area contributed by atoms with Gasteiger partial charge in [0.2, 0.25) is 0 Å². The summed E-state index contributed by atoms with van der Waals surface area (Å²) >= 11 is 3.45. The number of rotatable bonds is 5. The summed E-state index contributed by atoms with van der Waals surface area (Å²) in [7, 11) is 0. The molecule has 0 radical (unpaired) electrons. The fourth-order valence-corrected chi connectivity index (χ4v) is 2.84. The number of aromatic nitrogens is 3. The largest absolute Gasteiger partial charge is 0.335 e. The molecule has 1 aromatic carbocycles. The van der Waals surface area contributed by atoms with Crippen molar-refractivity contribution >= 4 is 27.0 Å². The molecule has 3 aromatic rings. The molecule has 1 atom stereocenters. The van der Waals surface area contributed by atoms with Crippen LogP contribution in [0.25, 0.3) is 11.1 Å². The predicted octanol–water partition coefficient (Wildman–Crippen LogP) is 3.45. The van der Waals surface area contributed by atoms with Crippen molar-refractivity contribution in [1.82, 2.24) is 14.7 Å². The number of hydrogen-bond acceptors (Lipinski definition) is 4. The van der Waals surface area contributed by atoms with E-state index < -0.39 is 0 Å². The van der Waals surface area contributed by atoms with Crippen molar-refractivity contribution in [2.45, 2.75) is 26.8 Å². The van der Waals surface area contributed by atoms with Gasteiger partial charge in [-0.25, -0.2) is 4.39 Å². The average Bonchev–Trinajstić information content (AvgIpc) is 2.92. The van der Waals surface area contributed by atoms with E-state index in [1.807, 2.05) is 0 Å². The minimum Gasteiger partial charge on any atom is -0.335 e. The highest BCUT2D eigenvalue weighted by Crippen LogP contribution is 2.16. The van der Waals surface area contributed by atoms with Crippen LogP contribution in [-0.2, 0) is 13.0 Å². The lowest BCUT2D eigenvalue weighted by Gasteiger charge is -2.14. The molecule has 0 N–H and O–H groups in total. The second-order valence-electron chi connectivity index (χ2n) is 5.96. The van der Waals surface area contributed by atoms with Crippen molar-refractivity contribution in [2.24, 2.45) is 5.92 Å². The predicted molar refractivity (Wildman–Crippen MR) is 93.0 cm³/mol. The summed E-state index contributed by atoms with van der Waals surface area (Å²) < 4.78 is 20.2. The Morgan fingerprint density at radius 3 is 2.92 bits per heavy atom. The Labute approximate surface area is 146 Å². The van der Waals surface area contributed by atoms with E-state index in [9.17, 15) is 9.18 Å². The van der Waals surface area contributed by atoms with Gasteiger partial charge < -0.3 is 4.52 Å². The van der Waals surface area contributed by atoms with E-state index in [4.69, 9.17) is 4.52 Å². The first kappa shape index (κ1) is 16.8. The third-order valence-electron chi connectivity index (χ3n) is 3.87. The van der Waals surface area contributed by atoms with Gasteiger partial charge in [-0.3, -0.25) is 9.36 Å². The Morgan fingerprint density at radius 1 is 1.42 bits per heavy atom. The lowest BCUT2D eigenvalue weighted by atomic mass is 10.1. The van der Waals surface area contributed by atoms with Crippen molar-refractivity contribution in [3.63, 3.8) is 0 Å². The summed E-state index contributed by atoms with van der Waals surface area (Å²) in [6.07, 6.45) is 0.603. The molecule has 126 valence electrons. The zero-order chi connectivity index (χ0) is 17.3. The van der Waals surface area contributed by atoms with Gasteiger partial charge in [0.05, 0.1) is 12.2 Å². The number of halogens is 2. The molecule has 0 amide bonds. The molecule has 0 fully saturated rings. The number of nitrogens with zero attached hydrogens (tertiary/aromatic N) is 3. The van der Waals surface area contributed by atoms with Gasteiger partial charge in [0.1, 0.15) is 17.0 Å². The van der Waals surface area contributed by atoms with Crippen molar-refractivity contribution in [1.29, 1.82) is 0 Å². The molecule has 0 bridgehead atoms. The van der Waals surface area contributed by atoms with E-state index in [1.165, 1.54) is 12.1 Å². The van der Waals surface area contributed by atoms with E-state index in [2.05, 4.69) is 33.0 Å². The summed E-state index contributed by atoms with van der Waals surface area (Å²) in [6.45, 7) is 4.03. The molecule has 7 heteroatoms. The SMILES string of the molecule is Cc1noc2nc(CC(C)CBr)n(Cc3cccc(F)c3)c(=O)c12. The van der Waals surface area contributed by atoms with E-state index >= 15 is 0 Å². The Hall–Kier alpha value is -2.02. The molecule has 1 unspecified atom stereocenters. The van der Waals surface area contributed by atoms with E-state index in [0.29, 0.717) is 28.9 Å². The fourth-order valence-electron chi connectivity index (χ4n) is 2.61. The number of fused-ring (bicyclic) bond motifs is 1. The topological polar surface area (TPSA) is 60.9 Å². The lowest BCUT2D eigenvalue weighted by Crippen LogP contribution is -2.27. The van der Waals surface area contributed by atoms with Crippen LogP contribution >= 0.6 is 15.9 Å². The number of alkyl halides is 1. The highest BCUT2D eigenvalue weighted by Gasteiger charge is 2.18. The Balaban J connectivity index is 2.14. The first-order chi connectivity index (χ1) is 11.5. The van der Waals surface area contributed by atoms with Crippen LogP contribution in [0.4, 0.5) is 4.39 Å². The molecular weight excluding hydrogens is 377 g/mol. The summed E-state index contributed by atoms with van der Waals surface area (Å²) in [5.74, 6) is 0.572. The molecule has 0 aliphatic rings. The maximum absolute atomic E-state index is 13.5. The van der Waals surface area contributed by atoms with E-state index in [0.717, 1.165) is 5.33 Å². The Bertz CT molecular complexity index is 935. The van der Waals surface area contributed by atoms with Crippen LogP contribution in [0, 0.1) is 18.7 Å². The van der Waals surface area contributed by atoms with Gasteiger partial charge in [0, 0.05) is 11.8 Å². The van der Waals surface area contributed by atoms with E-state index in [1.54, 1.807) is 23.6 Å². The minimum absolute atomic E-state index is 0.209. The molecule has 2 heterocycles. The molecule has 2 aromatic heterocycles. The summed E-state index contributed by atoms with van der Waals surface area (Å²) in [6, 6.07) is 6.23. The van der Waals surface area contributed by atoms with Crippen LogP contribution in [-0.4, -0.2) is 20.0 Å². The molecule has 5 nitrogen and oxygen atoms in total. The quantitative estimate of drug-likeness (QED) is 0.622. The highest BCUT2D eigenvalue weighted by atomic mass is 79.9. The molecule has 24 heavy (non-hydrogen) atoms. The second kappa shape index (κ2) is 6.84. The molecular formula is C17H17BrFN3O2.